The Labute approximate surface area is 855 Å². The first-order valence-corrected chi connectivity index (χ1v) is 61.5. The lowest BCUT2D eigenvalue weighted by molar-refractivity contribution is -0.221. The zero-order valence-corrected chi connectivity index (χ0v) is 88.7. The molecule has 0 amide bonds. The van der Waals surface area contributed by atoms with E-state index in [-0.39, 0.29) is 93.8 Å². The highest BCUT2D eigenvalue weighted by molar-refractivity contribution is 8.32. The summed E-state index contributed by atoms with van der Waals surface area (Å²) >= 11 is 37.8. The van der Waals surface area contributed by atoms with Gasteiger partial charge in [-0.1, -0.05) is 77.8 Å². The summed E-state index contributed by atoms with van der Waals surface area (Å²) in [7, 11) is 1.03. The molecular formula is C72H90N22O38P7S7-7. The van der Waals surface area contributed by atoms with Crippen molar-refractivity contribution in [3.63, 3.8) is 0 Å². The van der Waals surface area contributed by atoms with E-state index in [1.807, 2.05) is 0 Å². The van der Waals surface area contributed by atoms with E-state index in [1.165, 1.54) is 66.3 Å². The van der Waals surface area contributed by atoms with Gasteiger partial charge in [0.1, 0.15) is 132 Å². The van der Waals surface area contributed by atoms with Gasteiger partial charge in [0.25, 0.3) is 27.8 Å². The van der Waals surface area contributed by atoms with Gasteiger partial charge in [0.15, 0.2) is 29.1 Å². The Kier molecular flexibility index (Phi) is 34.2. The lowest BCUT2D eigenvalue weighted by atomic mass is 10.1. The van der Waals surface area contributed by atoms with Gasteiger partial charge in [-0.05, 0) is 41.0 Å². The molecule has 0 bridgehead atoms. The molecule has 0 radical (unpaired) electrons. The normalized spacial score (nSPS) is 29.4. The quantitative estimate of drug-likeness (QED) is 0.0132. The predicted octanol–water partition coefficient (Wildman–Crippen LogP) is -3.68. The molecule has 7 aliphatic rings. The number of anilines is 4. The minimum Gasteiger partial charge on any atom is -0.780 e. The van der Waals surface area contributed by atoms with Crippen LogP contribution in [-0.2, 0) is 184 Å². The first-order chi connectivity index (χ1) is 68.5. The van der Waals surface area contributed by atoms with Crippen LogP contribution < -0.4 is 109 Å². The Morgan fingerprint density at radius 3 is 0.890 bits per heavy atom. The number of aromatic nitrogens is 18. The van der Waals surface area contributed by atoms with E-state index in [2.05, 4.69) is 54.8 Å². The molecule has 28 atom stereocenters. The van der Waals surface area contributed by atoms with Crippen LogP contribution in [0.2, 0.25) is 0 Å². The summed E-state index contributed by atoms with van der Waals surface area (Å²) in [5.74, 6) is -0.795. The fraction of sp³-hybridized carbons (Fsp3) is 0.583. The smallest absolute Gasteiger partial charge is 0.351 e. The van der Waals surface area contributed by atoms with E-state index in [0.29, 0.717) is 5.56 Å². The number of hydrogen-bond acceptors (Lipinski definition) is 55. The van der Waals surface area contributed by atoms with Gasteiger partial charge in [-0.2, -0.15) is 19.9 Å². The molecule has 0 spiro atoms. The summed E-state index contributed by atoms with van der Waals surface area (Å²) in [6.45, 7) is -30.3. The van der Waals surface area contributed by atoms with Crippen molar-refractivity contribution >= 4 is 176 Å². The van der Waals surface area contributed by atoms with E-state index in [4.69, 9.17) is 203 Å². The fourth-order valence-electron chi connectivity index (χ4n) is 16.8. The minimum absolute atomic E-state index is 0.00499. The molecule has 0 saturated carbocycles. The van der Waals surface area contributed by atoms with Crippen molar-refractivity contribution < 1.29 is 130 Å². The van der Waals surface area contributed by atoms with Crippen molar-refractivity contribution in [1.82, 2.24) is 86.8 Å². The molecule has 13 N–H and O–H groups in total. The van der Waals surface area contributed by atoms with Crippen LogP contribution in [-0.4, -0.2) is 219 Å². The van der Waals surface area contributed by atoms with Crippen LogP contribution in [0.5, 0.6) is 0 Å². The van der Waals surface area contributed by atoms with Crippen LogP contribution in [0.3, 0.4) is 0 Å². The zero-order valence-electron chi connectivity index (χ0n) is 76.7. The monoisotopic (exact) mass is 2310 g/mol. The lowest BCUT2D eigenvalue weighted by Gasteiger charge is -2.36. The summed E-state index contributed by atoms with van der Waals surface area (Å²) in [4.78, 5) is 253. The van der Waals surface area contributed by atoms with Crippen molar-refractivity contribution in [2.24, 2.45) is 0 Å². The average molecular weight is 2310 g/mol. The number of nitrogens with one attached hydrogen (secondary N) is 5. The average Bonchev–Trinajstić information content (AvgIpc) is 1.62. The summed E-state index contributed by atoms with van der Waals surface area (Å²) in [6, 6.07) is 0. The molecule has 9 aromatic heterocycles. The number of aryl methyl sites for hydroxylation is 5. The molecule has 800 valence electrons. The molecule has 0 aliphatic carbocycles. The van der Waals surface area contributed by atoms with Crippen LogP contribution in [0.1, 0.15) is 130 Å². The number of nitrogens with two attached hydrogens (primary N) is 4. The largest absolute Gasteiger partial charge is 0.780 e. The second-order valence-corrected chi connectivity index (χ2v) is 53.1. The van der Waals surface area contributed by atoms with Gasteiger partial charge < -0.3 is 161 Å². The van der Waals surface area contributed by atoms with Crippen LogP contribution in [0.15, 0.2) is 91.6 Å². The van der Waals surface area contributed by atoms with Crippen molar-refractivity contribution in [2.75, 3.05) is 69.7 Å². The van der Waals surface area contributed by atoms with Crippen molar-refractivity contribution in [3.8, 4) is 0 Å². The Hall–Kier alpha value is -6.90. The highest BCUT2D eigenvalue weighted by atomic mass is 32.7. The number of hydrogen-bond donors (Lipinski definition) is 9. The van der Waals surface area contributed by atoms with E-state index in [9.17, 15) is 81.9 Å². The summed E-state index contributed by atoms with van der Waals surface area (Å²) < 4.78 is 147. The summed E-state index contributed by atoms with van der Waals surface area (Å²) in [5, 5.41) is 0. The summed E-state index contributed by atoms with van der Waals surface area (Å²) in [6.07, 6.45) is -23.4. The second-order valence-electron chi connectivity index (χ2n) is 34.0. The van der Waals surface area contributed by atoms with Crippen molar-refractivity contribution in [2.45, 2.75) is 222 Å². The Morgan fingerprint density at radius 1 is 0.356 bits per heavy atom. The van der Waals surface area contributed by atoms with Crippen molar-refractivity contribution in [1.29, 1.82) is 0 Å². The van der Waals surface area contributed by atoms with E-state index in [1.54, 1.807) is 13.8 Å². The first-order valence-electron chi connectivity index (χ1n) is 43.6. The maximum atomic E-state index is 14.9. The van der Waals surface area contributed by atoms with E-state index >= 15 is 0 Å². The van der Waals surface area contributed by atoms with Gasteiger partial charge in [0, 0.05) is 111 Å². The minimum atomic E-state index is -5.11. The number of aromatic amines is 5. The molecule has 14 unspecified atom stereocenters. The molecule has 74 heteroatoms. The lowest BCUT2D eigenvalue weighted by Crippen LogP contribution is -2.34. The van der Waals surface area contributed by atoms with Crippen LogP contribution in [0.25, 0.3) is 22.3 Å². The van der Waals surface area contributed by atoms with Gasteiger partial charge >= 0.3 is 28.4 Å². The molecule has 7 aliphatic heterocycles. The number of rotatable bonds is 41. The fourth-order valence-corrected chi connectivity index (χ4v) is 26.5. The molecule has 7 saturated heterocycles. The molecule has 16 heterocycles. The Bertz CT molecular complexity index is 7520. The number of nitrogens with zero attached hydrogens (tertiary/aromatic N) is 13. The van der Waals surface area contributed by atoms with Crippen LogP contribution >= 0.6 is 47.1 Å². The number of imidazole rings is 2. The highest BCUT2D eigenvalue weighted by Crippen LogP contribution is 2.57. The van der Waals surface area contributed by atoms with E-state index < -0.39 is 298 Å². The number of fused-ring (bicyclic) bond motifs is 2. The maximum absolute atomic E-state index is 14.9. The standard InChI is InChI=1S/C72H97N22O38P7S7/c1-8-34-35(9-48(119-34)88-16-29(2)57(73)79-68(88)100)127-134(106,141)113-22-44-38(11-50(121-44)90-18-31(4)61(95)85-70(90)102)129-136(108,143)115-23-43-37(10-49(120-43)89-17-30(3)58(74)80-69(89)101)128-135(107,142)116-24-45-39(12-51(122-45)91-19-32(5)62(96)86-71(91)103)130-137(109,144)117-25-46-40(13-52(123-46)92-20-33(6)63(97)87-72(92)104)131-138(110,145)118-26-47-41(15-54(125-47)94-28-78-56-60(94)82-67(76)84-65(56)99)132-139(111,146)114-21-42-36(126-133(105,140)112-7)14-53(124-42)93-27-77-55-59(93)81-66(75)83-64(55)98/h16-20,27-28,34-54H,8-15,21-26H2,1-7H3,(H,105,140)(H,106,141)(H,107,142)(H,108,143)(H,109,144)(H,110,145)(H,111,146)(H2,73,79,100)(H2,74,80,101)(H,85,95,102)(H,86,96,103)(H,87,97,104)(H3,75,81,83,98)(H3,76,82,84,99)/p-7/t34-,35?,36?,37?,38?,39?,40?,41?,42-,43-,44-,45-,46-,47-,48-,49-,50-,51-,52-,53-,54-,133?,134?,135?,136?,137?,138?,139?/m1/s1. The maximum Gasteiger partial charge on any atom is 0.351 e. The Balaban J connectivity index is 0.606. The summed E-state index contributed by atoms with van der Waals surface area (Å²) in [5.41, 5.74) is 15.3. The van der Waals surface area contributed by atoms with Crippen LogP contribution in [0, 0.1) is 34.6 Å². The van der Waals surface area contributed by atoms with Gasteiger partial charge in [-0.15, -0.1) is 0 Å². The zero-order chi connectivity index (χ0) is 105. The predicted molar refractivity (Wildman–Crippen MR) is 516 cm³/mol. The molecule has 7 fully saturated rings. The highest BCUT2D eigenvalue weighted by Gasteiger charge is 2.50. The van der Waals surface area contributed by atoms with Gasteiger partial charge in [0.2, 0.25) is 11.9 Å². The topological polar surface area (TPSA) is 815 Å². The molecule has 60 nitrogen and oxygen atoms in total. The van der Waals surface area contributed by atoms with Crippen LogP contribution in [0.4, 0.5) is 23.5 Å². The third kappa shape index (κ3) is 26.2. The molecule has 9 aromatic rings. The van der Waals surface area contributed by atoms with Gasteiger partial charge in [-0.25, -0.2) is 33.9 Å². The third-order valence-electron chi connectivity index (χ3n) is 24.0. The second kappa shape index (κ2) is 44.7. The SMILES string of the molecule is CC[C@H]1O[C@@H](n2cc(C)c(N)nc2=O)CC1OP([O-])(=S)OC[C@H]1O[C@@H](n2cc(C)c(=O)[nH]c2=O)CC1OP(=O)([S-])OC[C@H]1O[C@@H](n2cc(C)c(N)nc2=O)CC1OP([O-])(=S)OC[C@H]1O[C@@H](n2cc(C)c(=O)[nH]c2=O)CC1OP([O-])(=S)OC[C@H]1O[C@@H](n2cc(C)c(=O)[nH]c2=O)CC1OP([O-])(=S)OC[C@H]1O[C@@H](n2cnc3c(=O)[nH]c(N)nc32)CC1OP([O-])(=S)OC[C@H]1O[C@@H](n2cnc3c(=O)[nH]c(N)nc32)CC1OP([O-])(=S)OC. The number of nitrogen functional groups attached to an aromatic ring is 4. The molecule has 0 aromatic carbocycles. The van der Waals surface area contributed by atoms with Crippen molar-refractivity contribution in [3.05, 3.63) is 176 Å². The molecule has 146 heavy (non-hydrogen) atoms. The van der Waals surface area contributed by atoms with E-state index in [0.717, 1.165) is 44.1 Å². The Morgan fingerprint density at radius 2 is 0.603 bits per heavy atom. The third-order valence-corrected chi connectivity index (χ3v) is 35.1. The molecule has 16 rings (SSSR count). The van der Waals surface area contributed by atoms with Gasteiger partial charge in [-0.3, -0.25) is 85.4 Å². The molecular weight excluding hydrogens is 2220 g/mol. The first kappa shape index (κ1) is 112. The number of H-pyrrole nitrogens is 5. The van der Waals surface area contributed by atoms with Gasteiger partial charge in [0.05, 0.1) is 101 Å². The number of ether oxygens (including phenoxy) is 7.